The Labute approximate surface area is 295 Å². The third-order valence-corrected chi connectivity index (χ3v) is 10.0. The Morgan fingerprint density at radius 3 is 1.75 bits per heavy atom. The van der Waals surface area contributed by atoms with Gasteiger partial charge in [0.1, 0.15) is 19.0 Å². The van der Waals surface area contributed by atoms with Crippen molar-refractivity contribution < 1.29 is 23.8 Å². The molecule has 4 aliphatic rings. The fourth-order valence-corrected chi connectivity index (χ4v) is 7.52. The number of aryl methyl sites for hydroxylation is 1. The molecule has 0 radical (unpaired) electrons. The van der Waals surface area contributed by atoms with Crippen LogP contribution in [0.15, 0.2) is 107 Å². The second-order valence-corrected chi connectivity index (χ2v) is 13.3. The zero-order valence-electron chi connectivity index (χ0n) is 28.2. The monoisotopic (exact) mass is 674 g/mol. The number of benzene rings is 5. The molecular formula is C42H34N4O5. The van der Waals surface area contributed by atoms with E-state index in [1.807, 2.05) is 102 Å². The van der Waals surface area contributed by atoms with Gasteiger partial charge >= 0.3 is 0 Å². The number of nitrogens with zero attached hydrogens (tertiary/aromatic N) is 4. The minimum absolute atomic E-state index is 0.0459. The summed E-state index contributed by atoms with van der Waals surface area (Å²) in [5, 5.41) is 0. The summed E-state index contributed by atoms with van der Waals surface area (Å²) in [6, 6.07) is 31.0. The number of hydrogen-bond donors (Lipinski definition) is 0. The Balaban J connectivity index is 0.897. The molecule has 2 amide bonds. The van der Waals surface area contributed by atoms with Crippen LogP contribution >= 0.6 is 0 Å². The van der Waals surface area contributed by atoms with Crippen molar-refractivity contribution >= 4 is 47.0 Å². The van der Waals surface area contributed by atoms with Gasteiger partial charge in [-0.1, -0.05) is 54.6 Å². The first kappa shape index (κ1) is 30.8. The summed E-state index contributed by atoms with van der Waals surface area (Å²) in [5.74, 6) is 1.49. The van der Waals surface area contributed by atoms with Crippen LogP contribution in [0, 0.1) is 6.92 Å². The van der Waals surface area contributed by atoms with Gasteiger partial charge in [-0.3, -0.25) is 29.4 Å². The van der Waals surface area contributed by atoms with E-state index in [-0.39, 0.29) is 30.5 Å². The van der Waals surface area contributed by atoms with E-state index in [2.05, 4.69) is 12.1 Å². The Kier molecular flexibility index (Phi) is 7.42. The summed E-state index contributed by atoms with van der Waals surface area (Å²) in [5.41, 5.74) is 9.15. The zero-order valence-corrected chi connectivity index (χ0v) is 28.2. The molecule has 9 heteroatoms. The summed E-state index contributed by atoms with van der Waals surface area (Å²) < 4.78 is 18.2. The van der Waals surface area contributed by atoms with Crippen molar-refractivity contribution in [3.8, 4) is 17.2 Å². The fourth-order valence-electron chi connectivity index (χ4n) is 7.52. The van der Waals surface area contributed by atoms with Crippen molar-refractivity contribution in [3.63, 3.8) is 0 Å². The summed E-state index contributed by atoms with van der Waals surface area (Å²) in [6.07, 6.45) is 5.21. The van der Waals surface area contributed by atoms with Crippen LogP contribution in [0.2, 0.25) is 0 Å². The van der Waals surface area contributed by atoms with Crippen LogP contribution in [-0.4, -0.2) is 43.4 Å². The van der Waals surface area contributed by atoms with Gasteiger partial charge in [0.05, 0.1) is 41.7 Å². The summed E-state index contributed by atoms with van der Waals surface area (Å²) in [7, 11) is 1.57. The third-order valence-electron chi connectivity index (χ3n) is 10.0. The number of fused-ring (bicyclic) bond motifs is 8. The molecule has 0 spiro atoms. The van der Waals surface area contributed by atoms with Crippen LogP contribution in [0.3, 0.4) is 0 Å². The predicted octanol–water partition coefficient (Wildman–Crippen LogP) is 7.74. The SMILES string of the molecule is COc1cc2c(cc1OCc1cccc(COc3cc4c(cc3C)C(=O)N3c5ccccc5C[C@H]3C=N4)c1)N=C[C@@H]1Cc3ccccc3N1C2=O. The molecule has 4 heterocycles. The molecular weight excluding hydrogens is 640 g/mol. The first-order chi connectivity index (χ1) is 24.9. The fraction of sp³-hybridized carbons (Fsp3) is 0.190. The van der Waals surface area contributed by atoms with Gasteiger partial charge in [0.15, 0.2) is 11.5 Å². The van der Waals surface area contributed by atoms with E-state index >= 15 is 0 Å². The number of anilines is 2. The number of hydrogen-bond acceptors (Lipinski definition) is 7. The second kappa shape index (κ2) is 12.3. The number of carbonyl (C=O) groups is 2. The summed E-state index contributed by atoms with van der Waals surface area (Å²) in [4.78, 5) is 40.6. The standard InChI is InChI=1S/C42H34N4O5/c1-25-14-32-34(43-21-30-16-28-10-3-5-12-36(28)45(30)41(32)47)19-38(25)50-23-26-8-7-9-27(15-26)24-51-40-20-35-33(18-39(40)49-2)42(48)46-31(22-44-35)17-29-11-4-6-13-37(29)46/h3-15,18-22,30-31H,16-17,23-24H2,1-2H3/t30-,31-/m0/s1. The van der Waals surface area contributed by atoms with Crippen molar-refractivity contribution in [2.24, 2.45) is 9.98 Å². The molecule has 252 valence electrons. The van der Waals surface area contributed by atoms with E-state index in [0.717, 1.165) is 52.0 Å². The lowest BCUT2D eigenvalue weighted by molar-refractivity contribution is 0.0979. The number of para-hydroxylation sites is 2. The van der Waals surface area contributed by atoms with Crippen molar-refractivity contribution in [1.29, 1.82) is 0 Å². The topological polar surface area (TPSA) is 93.0 Å². The maximum absolute atomic E-state index is 13.8. The maximum atomic E-state index is 13.8. The highest BCUT2D eigenvalue weighted by molar-refractivity contribution is 6.15. The molecule has 0 aliphatic carbocycles. The lowest BCUT2D eigenvalue weighted by atomic mass is 10.1. The molecule has 2 atom stereocenters. The molecule has 0 N–H and O–H groups in total. The minimum Gasteiger partial charge on any atom is -0.493 e. The van der Waals surface area contributed by atoms with Crippen LogP contribution < -0.4 is 24.0 Å². The first-order valence-electron chi connectivity index (χ1n) is 17.1. The zero-order chi connectivity index (χ0) is 34.6. The van der Waals surface area contributed by atoms with Crippen LogP contribution in [0.25, 0.3) is 0 Å². The molecule has 0 saturated carbocycles. The predicted molar refractivity (Wildman–Crippen MR) is 197 cm³/mol. The van der Waals surface area contributed by atoms with Gasteiger partial charge in [-0.25, -0.2) is 0 Å². The Bertz CT molecular complexity index is 2310. The van der Waals surface area contributed by atoms with E-state index in [0.29, 0.717) is 46.4 Å². The lowest BCUT2D eigenvalue weighted by Gasteiger charge is -2.22. The molecule has 5 aromatic carbocycles. The van der Waals surface area contributed by atoms with E-state index in [1.165, 1.54) is 0 Å². The quantitative estimate of drug-likeness (QED) is 0.176. The van der Waals surface area contributed by atoms with Gasteiger partial charge in [0.2, 0.25) is 0 Å². The van der Waals surface area contributed by atoms with Gasteiger partial charge in [0.25, 0.3) is 11.8 Å². The Morgan fingerprint density at radius 2 is 1.16 bits per heavy atom. The van der Waals surface area contributed by atoms with Crippen molar-refractivity contribution in [2.45, 2.75) is 45.1 Å². The van der Waals surface area contributed by atoms with E-state index in [4.69, 9.17) is 24.2 Å². The first-order valence-corrected chi connectivity index (χ1v) is 17.1. The molecule has 51 heavy (non-hydrogen) atoms. The largest absolute Gasteiger partial charge is 0.493 e. The molecule has 0 bridgehead atoms. The highest BCUT2D eigenvalue weighted by Crippen LogP contribution is 2.42. The Morgan fingerprint density at radius 1 is 0.627 bits per heavy atom. The van der Waals surface area contributed by atoms with E-state index in [1.54, 1.807) is 19.2 Å². The van der Waals surface area contributed by atoms with Gasteiger partial charge in [0, 0.05) is 48.8 Å². The molecule has 5 aromatic rings. The van der Waals surface area contributed by atoms with Gasteiger partial charge < -0.3 is 14.2 Å². The normalized spacial score (nSPS) is 17.8. The van der Waals surface area contributed by atoms with E-state index in [9.17, 15) is 9.59 Å². The summed E-state index contributed by atoms with van der Waals surface area (Å²) in [6.45, 7) is 2.55. The van der Waals surface area contributed by atoms with Crippen LogP contribution in [0.5, 0.6) is 17.2 Å². The highest BCUT2D eigenvalue weighted by atomic mass is 16.5. The summed E-state index contributed by atoms with van der Waals surface area (Å²) >= 11 is 0. The highest BCUT2D eigenvalue weighted by Gasteiger charge is 2.37. The maximum Gasteiger partial charge on any atom is 0.261 e. The van der Waals surface area contributed by atoms with Crippen LogP contribution in [0.1, 0.15) is 48.5 Å². The average Bonchev–Trinajstić information content (AvgIpc) is 3.65. The van der Waals surface area contributed by atoms with Crippen LogP contribution in [-0.2, 0) is 26.1 Å². The van der Waals surface area contributed by atoms with Gasteiger partial charge in [-0.15, -0.1) is 0 Å². The molecule has 9 nitrogen and oxygen atoms in total. The molecule has 0 saturated heterocycles. The number of ether oxygens (including phenoxy) is 3. The van der Waals surface area contributed by atoms with Crippen molar-refractivity contribution in [1.82, 2.24) is 0 Å². The van der Waals surface area contributed by atoms with Crippen molar-refractivity contribution in [3.05, 3.63) is 136 Å². The smallest absolute Gasteiger partial charge is 0.261 e. The molecule has 0 fully saturated rings. The Hall–Kier alpha value is -6.22. The number of methoxy groups -OCH3 is 1. The van der Waals surface area contributed by atoms with Gasteiger partial charge in [-0.2, -0.15) is 0 Å². The van der Waals surface area contributed by atoms with E-state index < -0.39 is 0 Å². The molecule has 0 aromatic heterocycles. The van der Waals surface area contributed by atoms with Crippen molar-refractivity contribution in [2.75, 3.05) is 16.9 Å². The average molecular weight is 675 g/mol. The number of rotatable bonds is 7. The molecule has 0 unspecified atom stereocenters. The number of carbonyl (C=O) groups excluding carboxylic acids is 2. The lowest BCUT2D eigenvalue weighted by Crippen LogP contribution is -2.37. The third kappa shape index (κ3) is 5.33. The van der Waals surface area contributed by atoms with Crippen LogP contribution in [0.4, 0.5) is 22.7 Å². The molecule has 4 aliphatic heterocycles. The minimum atomic E-state index is -0.136. The second-order valence-electron chi connectivity index (χ2n) is 13.3. The number of aliphatic imine (C=N–C) groups is 2. The van der Waals surface area contributed by atoms with Gasteiger partial charge in [-0.05, 0) is 65.1 Å². The molecule has 9 rings (SSSR count). The number of amides is 2.